The molecule has 6 heteroatoms. The van der Waals surface area contributed by atoms with Gasteiger partial charge in [-0.2, -0.15) is 0 Å². The lowest BCUT2D eigenvalue weighted by atomic mass is 9.87. The minimum absolute atomic E-state index is 0.00319. The summed E-state index contributed by atoms with van der Waals surface area (Å²) in [6, 6.07) is 13.6. The van der Waals surface area contributed by atoms with Gasteiger partial charge in [-0.05, 0) is 48.7 Å². The van der Waals surface area contributed by atoms with Gasteiger partial charge < -0.3 is 19.6 Å². The number of fused-ring (bicyclic) bond motifs is 1. The molecule has 2 aromatic rings. The van der Waals surface area contributed by atoms with Crippen LogP contribution in [0, 0.1) is 25.7 Å². The molecule has 4 rings (SSSR count). The Labute approximate surface area is 177 Å². The first kappa shape index (κ1) is 20.4. The van der Waals surface area contributed by atoms with E-state index >= 15 is 0 Å². The maximum absolute atomic E-state index is 13.6. The molecule has 2 saturated heterocycles. The second-order valence-electron chi connectivity index (χ2n) is 8.32. The minimum atomic E-state index is -0.470. The summed E-state index contributed by atoms with van der Waals surface area (Å²) in [5, 5.41) is 9.28. The van der Waals surface area contributed by atoms with E-state index < -0.39 is 6.61 Å². The average molecular weight is 408 g/mol. The molecule has 158 valence electrons. The molecule has 2 aliphatic heterocycles. The van der Waals surface area contributed by atoms with Gasteiger partial charge in [0.25, 0.3) is 5.91 Å². The third-order valence-corrected chi connectivity index (χ3v) is 6.56. The minimum Gasteiger partial charge on any atom is -0.496 e. The molecule has 0 aliphatic carbocycles. The fraction of sp³-hybridized carbons (Fsp3) is 0.417. The fourth-order valence-electron chi connectivity index (χ4n) is 5.05. The Morgan fingerprint density at radius 1 is 1.07 bits per heavy atom. The number of carbonyl (C=O) groups is 2. The van der Waals surface area contributed by atoms with Crippen molar-refractivity contribution in [1.82, 2.24) is 9.80 Å². The van der Waals surface area contributed by atoms with E-state index in [0.717, 1.165) is 22.4 Å². The summed E-state index contributed by atoms with van der Waals surface area (Å²) >= 11 is 0. The lowest BCUT2D eigenvalue weighted by Crippen LogP contribution is -2.38. The normalized spacial score (nSPS) is 22.9. The fourth-order valence-corrected chi connectivity index (χ4v) is 5.05. The Morgan fingerprint density at radius 3 is 2.50 bits per heavy atom. The number of aliphatic hydroxyl groups excluding tert-OH is 1. The van der Waals surface area contributed by atoms with Crippen molar-refractivity contribution in [3.63, 3.8) is 0 Å². The number of hydrogen-bond donors (Lipinski definition) is 1. The molecule has 2 heterocycles. The SMILES string of the molecule is COc1ccc(C(=O)N2C[C@@H]3CN(C(=O)CO)C[C@@H]3[C@H]2c2ccccc2C)cc1C. The van der Waals surface area contributed by atoms with Crippen LogP contribution in [0.15, 0.2) is 42.5 Å². The standard InChI is InChI=1S/C24H28N2O4/c1-15-6-4-5-7-19(15)23-20-13-25(22(28)14-27)11-18(20)12-26(23)24(29)17-8-9-21(30-3)16(2)10-17/h4-10,18,20,23,27H,11-14H2,1-3H3/t18-,20-,23+/m0/s1. The Morgan fingerprint density at radius 2 is 1.83 bits per heavy atom. The van der Waals surface area contributed by atoms with Gasteiger partial charge >= 0.3 is 0 Å². The maximum Gasteiger partial charge on any atom is 0.254 e. The van der Waals surface area contributed by atoms with Crippen LogP contribution in [0.1, 0.15) is 33.1 Å². The molecule has 6 nitrogen and oxygen atoms in total. The largest absolute Gasteiger partial charge is 0.496 e. The lowest BCUT2D eigenvalue weighted by Gasteiger charge is -2.31. The van der Waals surface area contributed by atoms with Crippen molar-refractivity contribution < 1.29 is 19.4 Å². The van der Waals surface area contributed by atoms with E-state index in [1.165, 1.54) is 0 Å². The Balaban J connectivity index is 1.69. The first-order valence-electron chi connectivity index (χ1n) is 10.3. The molecule has 0 bridgehead atoms. The van der Waals surface area contributed by atoms with Crippen LogP contribution in [0.3, 0.4) is 0 Å². The number of methoxy groups -OCH3 is 1. The third-order valence-electron chi connectivity index (χ3n) is 6.56. The molecule has 2 aliphatic rings. The van der Waals surface area contributed by atoms with Crippen LogP contribution in [0.4, 0.5) is 0 Å². The molecular formula is C24H28N2O4. The van der Waals surface area contributed by atoms with E-state index in [1.807, 2.05) is 42.2 Å². The zero-order chi connectivity index (χ0) is 21.4. The number of carbonyl (C=O) groups excluding carboxylic acids is 2. The highest BCUT2D eigenvalue weighted by atomic mass is 16.5. The molecule has 0 radical (unpaired) electrons. The van der Waals surface area contributed by atoms with Crippen LogP contribution in [-0.4, -0.2) is 60.1 Å². The first-order chi connectivity index (χ1) is 14.4. The van der Waals surface area contributed by atoms with E-state index in [0.29, 0.717) is 25.2 Å². The van der Waals surface area contributed by atoms with Gasteiger partial charge in [0.05, 0.1) is 13.2 Å². The summed E-state index contributed by atoms with van der Waals surface area (Å²) in [5.74, 6) is 0.886. The van der Waals surface area contributed by atoms with Gasteiger partial charge in [0, 0.05) is 37.0 Å². The monoisotopic (exact) mass is 408 g/mol. The highest BCUT2D eigenvalue weighted by Gasteiger charge is 2.50. The summed E-state index contributed by atoms with van der Waals surface area (Å²) in [5.41, 5.74) is 3.84. The second kappa shape index (κ2) is 8.11. The topological polar surface area (TPSA) is 70.1 Å². The van der Waals surface area contributed by atoms with E-state index in [4.69, 9.17) is 4.74 Å². The number of amides is 2. The van der Waals surface area contributed by atoms with Gasteiger partial charge in [0.2, 0.25) is 5.91 Å². The van der Waals surface area contributed by atoms with Crippen molar-refractivity contribution >= 4 is 11.8 Å². The van der Waals surface area contributed by atoms with Crippen LogP contribution in [-0.2, 0) is 4.79 Å². The quantitative estimate of drug-likeness (QED) is 0.844. The van der Waals surface area contributed by atoms with E-state index in [9.17, 15) is 14.7 Å². The molecule has 0 spiro atoms. The number of ether oxygens (including phenoxy) is 1. The average Bonchev–Trinajstić information content (AvgIpc) is 3.31. The van der Waals surface area contributed by atoms with Crippen molar-refractivity contribution in [3.05, 3.63) is 64.7 Å². The number of benzene rings is 2. The molecule has 2 fully saturated rings. The maximum atomic E-state index is 13.6. The molecule has 3 atom stereocenters. The van der Waals surface area contributed by atoms with E-state index in [2.05, 4.69) is 19.1 Å². The van der Waals surface area contributed by atoms with Gasteiger partial charge in [-0.25, -0.2) is 0 Å². The van der Waals surface area contributed by atoms with Gasteiger partial charge in [0.15, 0.2) is 0 Å². The van der Waals surface area contributed by atoms with Crippen molar-refractivity contribution in [2.75, 3.05) is 33.4 Å². The highest BCUT2D eigenvalue weighted by molar-refractivity contribution is 5.95. The van der Waals surface area contributed by atoms with Crippen molar-refractivity contribution in [2.45, 2.75) is 19.9 Å². The number of rotatable bonds is 4. The van der Waals surface area contributed by atoms with E-state index in [-0.39, 0.29) is 29.7 Å². The van der Waals surface area contributed by atoms with Gasteiger partial charge in [-0.3, -0.25) is 9.59 Å². The summed E-state index contributed by atoms with van der Waals surface area (Å²) in [7, 11) is 1.62. The molecule has 0 unspecified atom stereocenters. The summed E-state index contributed by atoms with van der Waals surface area (Å²) in [6.07, 6.45) is 0. The summed E-state index contributed by atoms with van der Waals surface area (Å²) < 4.78 is 5.33. The highest BCUT2D eigenvalue weighted by Crippen LogP contribution is 2.46. The smallest absolute Gasteiger partial charge is 0.254 e. The van der Waals surface area contributed by atoms with Crippen molar-refractivity contribution in [1.29, 1.82) is 0 Å². The van der Waals surface area contributed by atoms with Crippen LogP contribution in [0.25, 0.3) is 0 Å². The molecule has 30 heavy (non-hydrogen) atoms. The van der Waals surface area contributed by atoms with Crippen molar-refractivity contribution in [2.24, 2.45) is 11.8 Å². The van der Waals surface area contributed by atoms with Gasteiger partial charge in [0.1, 0.15) is 12.4 Å². The van der Waals surface area contributed by atoms with Crippen LogP contribution >= 0.6 is 0 Å². The summed E-state index contributed by atoms with van der Waals surface area (Å²) in [6.45, 7) is 5.28. The molecule has 0 aromatic heterocycles. The van der Waals surface area contributed by atoms with Gasteiger partial charge in [-0.1, -0.05) is 24.3 Å². The molecule has 2 amide bonds. The Hall–Kier alpha value is -2.86. The van der Waals surface area contributed by atoms with Crippen LogP contribution in [0.5, 0.6) is 5.75 Å². The summed E-state index contributed by atoms with van der Waals surface area (Å²) in [4.78, 5) is 29.3. The Bertz CT molecular complexity index is 973. The number of hydrogen-bond acceptors (Lipinski definition) is 4. The first-order valence-corrected chi connectivity index (χ1v) is 10.3. The number of aliphatic hydroxyl groups is 1. The number of nitrogens with zero attached hydrogens (tertiary/aromatic N) is 2. The zero-order valence-electron chi connectivity index (χ0n) is 17.7. The van der Waals surface area contributed by atoms with E-state index in [1.54, 1.807) is 12.0 Å². The third kappa shape index (κ3) is 3.45. The van der Waals surface area contributed by atoms with Crippen LogP contribution in [0.2, 0.25) is 0 Å². The Kier molecular flexibility index (Phi) is 5.52. The predicted octanol–water partition coefficient (Wildman–Crippen LogP) is 2.58. The zero-order valence-corrected chi connectivity index (χ0v) is 17.7. The number of aryl methyl sites for hydroxylation is 2. The second-order valence-corrected chi connectivity index (χ2v) is 8.32. The molecule has 0 saturated carbocycles. The molecule has 1 N–H and O–H groups in total. The lowest BCUT2D eigenvalue weighted by molar-refractivity contribution is -0.133. The molecule has 2 aromatic carbocycles. The number of likely N-dealkylation sites (tertiary alicyclic amines) is 2. The van der Waals surface area contributed by atoms with Crippen molar-refractivity contribution in [3.8, 4) is 5.75 Å². The molecular weight excluding hydrogens is 380 g/mol. The van der Waals surface area contributed by atoms with Crippen LogP contribution < -0.4 is 4.74 Å². The van der Waals surface area contributed by atoms with Gasteiger partial charge in [-0.15, -0.1) is 0 Å². The predicted molar refractivity (Wildman–Crippen MR) is 113 cm³/mol.